The predicted molar refractivity (Wildman–Crippen MR) is 103 cm³/mol. The Labute approximate surface area is 162 Å². The van der Waals surface area contributed by atoms with Gasteiger partial charge in [0.1, 0.15) is 12.1 Å². The van der Waals surface area contributed by atoms with Crippen LogP contribution in [0.1, 0.15) is 59.3 Å². The van der Waals surface area contributed by atoms with Crippen molar-refractivity contribution in [2.24, 2.45) is 11.3 Å². The van der Waals surface area contributed by atoms with Gasteiger partial charge in [0, 0.05) is 19.1 Å². The fourth-order valence-electron chi connectivity index (χ4n) is 4.79. The zero-order chi connectivity index (χ0) is 19.8. The van der Waals surface area contributed by atoms with Crippen molar-refractivity contribution in [2.45, 2.75) is 70.9 Å². The molecule has 4 amide bonds. The Morgan fingerprint density at radius 2 is 1.74 bits per heavy atom. The average molecular weight is 379 g/mol. The van der Waals surface area contributed by atoms with Gasteiger partial charge in [-0.2, -0.15) is 0 Å². The Hall–Kier alpha value is -1.63. The Kier molecular flexibility index (Phi) is 5.52. The van der Waals surface area contributed by atoms with Crippen LogP contribution in [0.5, 0.6) is 0 Å². The van der Waals surface area contributed by atoms with Crippen molar-refractivity contribution >= 4 is 17.8 Å². The minimum Gasteiger partial charge on any atom is -0.341 e. The van der Waals surface area contributed by atoms with E-state index in [4.69, 9.17) is 0 Å². The lowest BCUT2D eigenvalue weighted by Crippen LogP contribution is -2.51. The second kappa shape index (κ2) is 7.41. The van der Waals surface area contributed by atoms with Gasteiger partial charge in [0.2, 0.25) is 5.91 Å². The van der Waals surface area contributed by atoms with Crippen molar-refractivity contribution in [3.63, 3.8) is 0 Å². The zero-order valence-corrected chi connectivity index (χ0v) is 17.1. The smallest absolute Gasteiger partial charge is 0.325 e. The van der Waals surface area contributed by atoms with Crippen molar-refractivity contribution in [1.82, 2.24) is 20.4 Å². The Bertz CT molecular complexity index is 597. The van der Waals surface area contributed by atoms with Crippen LogP contribution in [-0.4, -0.2) is 65.9 Å². The highest BCUT2D eigenvalue weighted by Crippen LogP contribution is 2.43. The molecule has 0 atom stereocenters. The first-order valence-electron chi connectivity index (χ1n) is 10.3. The van der Waals surface area contributed by atoms with Crippen molar-refractivity contribution in [2.75, 3.05) is 26.7 Å². The maximum Gasteiger partial charge on any atom is 0.325 e. The maximum atomic E-state index is 13.0. The summed E-state index contributed by atoms with van der Waals surface area (Å²) in [6.45, 7) is 7.89. The largest absolute Gasteiger partial charge is 0.341 e. The van der Waals surface area contributed by atoms with E-state index in [2.05, 4.69) is 31.4 Å². The number of nitrogens with zero attached hydrogens (tertiary/aromatic N) is 2. The number of likely N-dealkylation sites (tertiary alicyclic amines) is 1. The number of urea groups is 1. The second-order valence-electron chi connectivity index (χ2n) is 9.49. The molecule has 1 saturated carbocycles. The van der Waals surface area contributed by atoms with Gasteiger partial charge >= 0.3 is 6.03 Å². The molecule has 3 aliphatic rings. The summed E-state index contributed by atoms with van der Waals surface area (Å²) in [4.78, 5) is 41.0. The maximum absolute atomic E-state index is 13.0. The van der Waals surface area contributed by atoms with E-state index in [1.165, 1.54) is 0 Å². The molecule has 0 aromatic rings. The number of nitrogens with one attached hydrogen (secondary N) is 2. The van der Waals surface area contributed by atoms with E-state index in [1.54, 1.807) is 4.90 Å². The number of amides is 4. The lowest BCUT2D eigenvalue weighted by atomic mass is 9.67. The van der Waals surface area contributed by atoms with Crippen LogP contribution in [0.25, 0.3) is 0 Å². The molecule has 27 heavy (non-hydrogen) atoms. The molecule has 2 aliphatic heterocycles. The molecule has 0 bridgehead atoms. The molecule has 7 heteroatoms. The molecule has 2 saturated heterocycles. The van der Waals surface area contributed by atoms with E-state index >= 15 is 0 Å². The van der Waals surface area contributed by atoms with Gasteiger partial charge in [-0.05, 0) is 56.9 Å². The number of carbonyl (C=O) groups excluding carboxylic acids is 3. The predicted octanol–water partition coefficient (Wildman–Crippen LogP) is 1.72. The summed E-state index contributed by atoms with van der Waals surface area (Å²) in [5, 5.41) is 6.16. The lowest BCUT2D eigenvalue weighted by molar-refractivity contribution is -0.140. The van der Waals surface area contributed by atoms with Crippen LogP contribution in [0.3, 0.4) is 0 Å². The van der Waals surface area contributed by atoms with Gasteiger partial charge in [-0.15, -0.1) is 0 Å². The van der Waals surface area contributed by atoms with Crippen LogP contribution in [0.4, 0.5) is 4.79 Å². The number of hydrogen-bond donors (Lipinski definition) is 2. The monoisotopic (exact) mass is 378 g/mol. The minimum absolute atomic E-state index is 0.131. The molecule has 1 spiro atoms. The summed E-state index contributed by atoms with van der Waals surface area (Å²) in [6, 6.07) is 0.0275. The first-order chi connectivity index (χ1) is 12.7. The van der Waals surface area contributed by atoms with Crippen molar-refractivity contribution in [3.8, 4) is 0 Å². The summed E-state index contributed by atoms with van der Waals surface area (Å²) in [6.07, 6.45) is 4.99. The summed E-state index contributed by atoms with van der Waals surface area (Å²) in [5.74, 6) is 0.212. The Morgan fingerprint density at radius 3 is 2.26 bits per heavy atom. The van der Waals surface area contributed by atoms with E-state index in [0.29, 0.717) is 37.9 Å². The average Bonchev–Trinajstić information content (AvgIpc) is 2.85. The summed E-state index contributed by atoms with van der Waals surface area (Å²) >= 11 is 0. The van der Waals surface area contributed by atoms with Crippen LogP contribution in [0, 0.1) is 11.3 Å². The third kappa shape index (κ3) is 3.98. The molecule has 0 aromatic heterocycles. The minimum atomic E-state index is -0.793. The van der Waals surface area contributed by atoms with Gasteiger partial charge in [0.15, 0.2) is 0 Å². The molecule has 0 aromatic carbocycles. The van der Waals surface area contributed by atoms with Crippen LogP contribution in [0.15, 0.2) is 0 Å². The lowest BCUT2D eigenvalue weighted by Gasteiger charge is -2.40. The van der Waals surface area contributed by atoms with Gasteiger partial charge < -0.3 is 15.5 Å². The van der Waals surface area contributed by atoms with Crippen LogP contribution in [0.2, 0.25) is 0 Å². The van der Waals surface area contributed by atoms with E-state index in [-0.39, 0.29) is 23.8 Å². The molecule has 3 fully saturated rings. The number of piperidine rings is 1. The number of imide groups is 1. The zero-order valence-electron chi connectivity index (χ0n) is 17.1. The number of rotatable bonds is 3. The van der Waals surface area contributed by atoms with E-state index < -0.39 is 11.6 Å². The van der Waals surface area contributed by atoms with Crippen molar-refractivity contribution in [1.29, 1.82) is 0 Å². The van der Waals surface area contributed by atoms with Gasteiger partial charge in [-0.1, -0.05) is 20.8 Å². The van der Waals surface area contributed by atoms with Crippen molar-refractivity contribution < 1.29 is 14.4 Å². The molecule has 7 nitrogen and oxygen atoms in total. The standard InChI is InChI=1S/C20H34N4O3/c1-19(2,3)14-5-9-20(10-6-14)17(26)24(18(27)22-20)13-16(25)23-11-7-15(21-4)8-12-23/h14-15,21H,5-13H2,1-4H3,(H,22,27). The third-order valence-electron chi connectivity index (χ3n) is 6.86. The molecule has 2 heterocycles. The van der Waals surface area contributed by atoms with Crippen molar-refractivity contribution in [3.05, 3.63) is 0 Å². The molecule has 0 unspecified atom stereocenters. The van der Waals surface area contributed by atoms with Gasteiger partial charge in [-0.3, -0.25) is 14.5 Å². The van der Waals surface area contributed by atoms with Crippen LogP contribution < -0.4 is 10.6 Å². The molecule has 1 aliphatic carbocycles. The van der Waals surface area contributed by atoms with Crippen LogP contribution in [-0.2, 0) is 9.59 Å². The molecule has 0 radical (unpaired) electrons. The second-order valence-corrected chi connectivity index (χ2v) is 9.49. The topological polar surface area (TPSA) is 81.8 Å². The molecular weight excluding hydrogens is 344 g/mol. The normalized spacial score (nSPS) is 30.1. The highest BCUT2D eigenvalue weighted by molar-refractivity contribution is 6.09. The first-order valence-corrected chi connectivity index (χ1v) is 10.3. The summed E-state index contributed by atoms with van der Waals surface area (Å²) in [5.41, 5.74) is -0.583. The fraction of sp³-hybridized carbons (Fsp3) is 0.850. The van der Waals surface area contributed by atoms with E-state index in [1.807, 2.05) is 7.05 Å². The van der Waals surface area contributed by atoms with E-state index in [9.17, 15) is 14.4 Å². The first kappa shape index (κ1) is 20.1. The van der Waals surface area contributed by atoms with Gasteiger partial charge in [-0.25, -0.2) is 4.79 Å². The summed E-state index contributed by atoms with van der Waals surface area (Å²) < 4.78 is 0. The van der Waals surface area contributed by atoms with E-state index in [0.717, 1.165) is 30.6 Å². The molecule has 3 rings (SSSR count). The SMILES string of the molecule is CNC1CCN(C(=O)CN2C(=O)NC3(CCC(C(C)(C)C)CC3)C2=O)CC1. The van der Waals surface area contributed by atoms with Crippen LogP contribution >= 0.6 is 0 Å². The Morgan fingerprint density at radius 1 is 1.15 bits per heavy atom. The highest BCUT2D eigenvalue weighted by atomic mass is 16.2. The summed E-state index contributed by atoms with van der Waals surface area (Å²) in [7, 11) is 1.93. The Balaban J connectivity index is 1.59. The molecule has 2 N–H and O–H groups in total. The number of hydrogen-bond acceptors (Lipinski definition) is 4. The molecular formula is C20H34N4O3. The number of carbonyl (C=O) groups is 3. The van der Waals surface area contributed by atoms with Gasteiger partial charge in [0.05, 0.1) is 0 Å². The van der Waals surface area contributed by atoms with Gasteiger partial charge in [0.25, 0.3) is 5.91 Å². The highest BCUT2D eigenvalue weighted by Gasteiger charge is 2.53. The molecule has 152 valence electrons. The third-order valence-corrected chi connectivity index (χ3v) is 6.86. The quantitative estimate of drug-likeness (QED) is 0.733. The fourth-order valence-corrected chi connectivity index (χ4v) is 4.79.